The van der Waals surface area contributed by atoms with Gasteiger partial charge >= 0.3 is 0 Å². The molecule has 0 saturated heterocycles. The third kappa shape index (κ3) is 4.52. The van der Waals surface area contributed by atoms with E-state index in [9.17, 15) is 0 Å². The van der Waals surface area contributed by atoms with Gasteiger partial charge in [-0.15, -0.1) is 0 Å². The Morgan fingerprint density at radius 1 is 1.64 bits per heavy atom. The smallest absolute Gasteiger partial charge is 0.110 e. The summed E-state index contributed by atoms with van der Waals surface area (Å²) in [5, 5.41) is 0. The number of nitrogens with one attached hydrogen (secondary N) is 2. The van der Waals surface area contributed by atoms with E-state index in [1.54, 1.807) is 19.6 Å². The number of hydroxylamine groups is 1. The number of H-pyrrole nitrogens is 1. The van der Waals surface area contributed by atoms with Crippen LogP contribution in [0.3, 0.4) is 0 Å². The highest BCUT2D eigenvalue weighted by atomic mass is 16.6. The van der Waals surface area contributed by atoms with Crippen molar-refractivity contribution >= 4 is 0 Å². The average Bonchev–Trinajstić information content (AvgIpc) is 2.57. The molecule has 64 valence electrons. The summed E-state index contributed by atoms with van der Waals surface area (Å²) < 4.78 is 0. The van der Waals surface area contributed by atoms with E-state index < -0.39 is 0 Å². The fraction of sp³-hybridized carbons (Fsp3) is 0.571. The molecule has 1 heterocycles. The Kier molecular flexibility index (Phi) is 6.67. The van der Waals surface area contributed by atoms with Crippen LogP contribution in [0.15, 0.2) is 12.5 Å². The number of aromatic amines is 1. The largest absolute Gasteiger partial charge is 0.347 e. The van der Waals surface area contributed by atoms with Crippen molar-refractivity contribution in [3.8, 4) is 0 Å². The van der Waals surface area contributed by atoms with Gasteiger partial charge in [0, 0.05) is 7.05 Å². The molecule has 1 aromatic rings. The summed E-state index contributed by atoms with van der Waals surface area (Å²) in [6.07, 6.45) is 3.34. The lowest BCUT2D eigenvalue weighted by Gasteiger charge is -1.95. The second kappa shape index (κ2) is 7.24. The van der Waals surface area contributed by atoms with Gasteiger partial charge in [-0.1, -0.05) is 13.8 Å². The van der Waals surface area contributed by atoms with Crippen molar-refractivity contribution in [2.24, 2.45) is 0 Å². The van der Waals surface area contributed by atoms with Gasteiger partial charge in [0.2, 0.25) is 0 Å². The minimum absolute atomic E-state index is 0.524. The van der Waals surface area contributed by atoms with Crippen LogP contribution >= 0.6 is 0 Å². The first-order valence-electron chi connectivity index (χ1n) is 3.69. The van der Waals surface area contributed by atoms with Crippen LogP contribution in [-0.4, -0.2) is 17.0 Å². The van der Waals surface area contributed by atoms with Gasteiger partial charge in [0.25, 0.3) is 0 Å². The highest BCUT2D eigenvalue weighted by molar-refractivity contribution is 4.90. The molecule has 1 aromatic heterocycles. The van der Waals surface area contributed by atoms with Gasteiger partial charge in [0.15, 0.2) is 0 Å². The Morgan fingerprint density at radius 3 is 2.82 bits per heavy atom. The van der Waals surface area contributed by atoms with Crippen LogP contribution in [0.1, 0.15) is 19.5 Å². The van der Waals surface area contributed by atoms with E-state index in [1.807, 2.05) is 13.8 Å². The second-order valence-electron chi connectivity index (χ2n) is 1.57. The maximum atomic E-state index is 4.86. The van der Waals surface area contributed by atoms with Gasteiger partial charge in [-0.25, -0.2) is 10.5 Å². The fourth-order valence-electron chi connectivity index (χ4n) is 0.514. The maximum absolute atomic E-state index is 4.86. The SMILES string of the molecule is CC.CNOCc1cnc[nH]1. The van der Waals surface area contributed by atoms with Crippen LogP contribution in [0.2, 0.25) is 0 Å². The van der Waals surface area contributed by atoms with Crippen LogP contribution in [0.25, 0.3) is 0 Å². The third-order valence-corrected chi connectivity index (χ3v) is 0.927. The normalized spacial score (nSPS) is 8.64. The first-order chi connectivity index (χ1) is 5.43. The molecule has 0 unspecified atom stereocenters. The van der Waals surface area contributed by atoms with Gasteiger partial charge in [0.1, 0.15) is 6.61 Å². The summed E-state index contributed by atoms with van der Waals surface area (Å²) in [6.45, 7) is 4.52. The molecule has 1 rings (SSSR count). The third-order valence-electron chi connectivity index (χ3n) is 0.927. The zero-order valence-corrected chi connectivity index (χ0v) is 7.22. The minimum Gasteiger partial charge on any atom is -0.347 e. The molecule has 4 heteroatoms. The monoisotopic (exact) mass is 157 g/mol. The van der Waals surface area contributed by atoms with Gasteiger partial charge < -0.3 is 4.98 Å². The molecular weight excluding hydrogens is 142 g/mol. The van der Waals surface area contributed by atoms with E-state index in [4.69, 9.17) is 4.84 Å². The molecule has 2 N–H and O–H groups in total. The van der Waals surface area contributed by atoms with Gasteiger partial charge in [-0.05, 0) is 0 Å². The minimum atomic E-state index is 0.524. The van der Waals surface area contributed by atoms with Gasteiger partial charge in [-0.3, -0.25) is 4.84 Å². The summed E-state index contributed by atoms with van der Waals surface area (Å²) in [4.78, 5) is 11.6. The number of rotatable bonds is 3. The average molecular weight is 157 g/mol. The van der Waals surface area contributed by atoms with E-state index in [2.05, 4.69) is 15.4 Å². The molecule has 0 aliphatic rings. The van der Waals surface area contributed by atoms with Crippen LogP contribution in [-0.2, 0) is 11.4 Å². The predicted molar refractivity (Wildman–Crippen MR) is 43.8 cm³/mol. The van der Waals surface area contributed by atoms with E-state index in [-0.39, 0.29) is 0 Å². The summed E-state index contributed by atoms with van der Waals surface area (Å²) in [7, 11) is 1.72. The topological polar surface area (TPSA) is 49.9 Å². The van der Waals surface area contributed by atoms with E-state index >= 15 is 0 Å². The Labute approximate surface area is 66.9 Å². The Bertz CT molecular complexity index is 151. The molecule has 0 aliphatic heterocycles. The van der Waals surface area contributed by atoms with E-state index in [0.29, 0.717) is 6.61 Å². The summed E-state index contributed by atoms with van der Waals surface area (Å²) in [5.41, 5.74) is 3.52. The quantitative estimate of drug-likeness (QED) is 0.646. The highest BCUT2D eigenvalue weighted by Crippen LogP contribution is 1.90. The predicted octanol–water partition coefficient (Wildman–Crippen LogP) is 1.09. The summed E-state index contributed by atoms with van der Waals surface area (Å²) in [5.74, 6) is 0. The maximum Gasteiger partial charge on any atom is 0.110 e. The van der Waals surface area contributed by atoms with Crippen LogP contribution in [0.4, 0.5) is 0 Å². The fourth-order valence-corrected chi connectivity index (χ4v) is 0.514. The number of nitrogens with zero attached hydrogens (tertiary/aromatic N) is 1. The zero-order chi connectivity index (χ0) is 8.53. The molecule has 0 fully saturated rings. The van der Waals surface area contributed by atoms with Crippen molar-refractivity contribution < 1.29 is 4.84 Å². The molecule has 0 bridgehead atoms. The van der Waals surface area contributed by atoms with Crippen molar-refractivity contribution in [1.29, 1.82) is 0 Å². The first-order valence-corrected chi connectivity index (χ1v) is 3.69. The van der Waals surface area contributed by atoms with Gasteiger partial charge in [0.05, 0.1) is 18.2 Å². The van der Waals surface area contributed by atoms with Crippen LogP contribution in [0.5, 0.6) is 0 Å². The number of hydrogen-bond acceptors (Lipinski definition) is 3. The molecule has 0 amide bonds. The number of hydrogen-bond donors (Lipinski definition) is 2. The molecule has 0 atom stereocenters. The Hall–Kier alpha value is -0.870. The van der Waals surface area contributed by atoms with Crippen molar-refractivity contribution in [2.75, 3.05) is 7.05 Å². The standard InChI is InChI=1S/C5H9N3O.C2H6/c1-6-9-3-5-2-7-4-8-5;1-2/h2,4,6H,3H2,1H3,(H,7,8);1-2H3. The first kappa shape index (κ1) is 10.1. The highest BCUT2D eigenvalue weighted by Gasteiger charge is 1.89. The lowest BCUT2D eigenvalue weighted by molar-refractivity contribution is 0.0426. The second-order valence-corrected chi connectivity index (χ2v) is 1.57. The molecule has 4 nitrogen and oxygen atoms in total. The zero-order valence-electron chi connectivity index (χ0n) is 7.22. The summed E-state index contributed by atoms with van der Waals surface area (Å²) in [6, 6.07) is 0. The lowest BCUT2D eigenvalue weighted by Crippen LogP contribution is -2.06. The number of imidazole rings is 1. The molecule has 0 aromatic carbocycles. The molecule has 0 aliphatic carbocycles. The molecule has 0 saturated carbocycles. The Morgan fingerprint density at radius 2 is 2.36 bits per heavy atom. The van der Waals surface area contributed by atoms with Crippen molar-refractivity contribution in [3.63, 3.8) is 0 Å². The van der Waals surface area contributed by atoms with Gasteiger partial charge in [-0.2, -0.15) is 0 Å². The van der Waals surface area contributed by atoms with Crippen molar-refractivity contribution in [2.45, 2.75) is 20.5 Å². The molecule has 0 radical (unpaired) electrons. The van der Waals surface area contributed by atoms with Crippen LogP contribution in [0, 0.1) is 0 Å². The van der Waals surface area contributed by atoms with Crippen LogP contribution < -0.4 is 5.48 Å². The number of aromatic nitrogens is 2. The summed E-state index contributed by atoms with van der Waals surface area (Å²) >= 11 is 0. The molecule has 0 spiro atoms. The molecular formula is C7H15N3O. The van der Waals surface area contributed by atoms with E-state index in [0.717, 1.165) is 5.69 Å². The van der Waals surface area contributed by atoms with Crippen molar-refractivity contribution in [1.82, 2.24) is 15.4 Å². The van der Waals surface area contributed by atoms with Crippen molar-refractivity contribution in [3.05, 3.63) is 18.2 Å². The lowest BCUT2D eigenvalue weighted by atomic mass is 10.5. The van der Waals surface area contributed by atoms with E-state index in [1.165, 1.54) is 0 Å². The molecule has 11 heavy (non-hydrogen) atoms. The Balaban J connectivity index is 0.000000461.